The van der Waals surface area contributed by atoms with Crippen molar-refractivity contribution in [1.29, 1.82) is 0 Å². The lowest BCUT2D eigenvalue weighted by molar-refractivity contribution is -0.385. The van der Waals surface area contributed by atoms with Crippen molar-refractivity contribution < 1.29 is 14.5 Å². The van der Waals surface area contributed by atoms with E-state index in [1.54, 1.807) is 19.1 Å². The molecule has 0 spiro atoms. The molecule has 1 atom stereocenters. The molecule has 0 saturated heterocycles. The smallest absolute Gasteiger partial charge is 0.349 e. The molecule has 6 heteroatoms. The van der Waals surface area contributed by atoms with E-state index in [1.165, 1.54) is 23.5 Å². The molecule has 0 bridgehead atoms. The minimum atomic E-state index is -0.568. The van der Waals surface area contributed by atoms with Crippen LogP contribution in [0.4, 0.5) is 5.69 Å². The molecule has 3 aromatic rings. The van der Waals surface area contributed by atoms with E-state index in [4.69, 9.17) is 4.74 Å². The molecule has 1 heterocycles. The van der Waals surface area contributed by atoms with Gasteiger partial charge < -0.3 is 4.74 Å². The Morgan fingerprint density at radius 2 is 1.96 bits per heavy atom. The third kappa shape index (κ3) is 3.00. The first kappa shape index (κ1) is 16.1. The number of rotatable bonds is 4. The Balaban J connectivity index is 1.84. The van der Waals surface area contributed by atoms with Crippen LogP contribution < -0.4 is 0 Å². The summed E-state index contributed by atoms with van der Waals surface area (Å²) in [5.74, 6) is -0.410. The van der Waals surface area contributed by atoms with Gasteiger partial charge in [0, 0.05) is 16.8 Å². The first-order valence-electron chi connectivity index (χ1n) is 7.41. The van der Waals surface area contributed by atoms with E-state index in [-0.39, 0.29) is 5.69 Å². The predicted molar refractivity (Wildman–Crippen MR) is 93.5 cm³/mol. The molecular formula is C18H15NO4S. The third-order valence-corrected chi connectivity index (χ3v) is 5.12. The zero-order chi connectivity index (χ0) is 17.3. The predicted octanol–water partition coefficient (Wildman–Crippen LogP) is 5.04. The summed E-state index contributed by atoms with van der Waals surface area (Å²) < 4.78 is 6.55. The van der Waals surface area contributed by atoms with E-state index in [2.05, 4.69) is 0 Å². The van der Waals surface area contributed by atoms with Crippen LogP contribution in [0.2, 0.25) is 0 Å². The fourth-order valence-electron chi connectivity index (χ4n) is 2.54. The van der Waals surface area contributed by atoms with Crippen molar-refractivity contribution in [3.05, 3.63) is 74.6 Å². The SMILES string of the molecule is Cc1c(C(=O)OC(C)c2cccc([N+](=O)[O-])c2)sc2ccccc12. The lowest BCUT2D eigenvalue weighted by Crippen LogP contribution is -2.09. The molecule has 0 aliphatic rings. The molecule has 1 unspecified atom stereocenters. The topological polar surface area (TPSA) is 69.4 Å². The average Bonchev–Trinajstić information content (AvgIpc) is 2.92. The van der Waals surface area contributed by atoms with Crippen LogP contribution >= 0.6 is 11.3 Å². The Hall–Kier alpha value is -2.73. The number of thiophene rings is 1. The highest BCUT2D eigenvalue weighted by molar-refractivity contribution is 7.21. The second-order valence-electron chi connectivity index (χ2n) is 5.45. The van der Waals surface area contributed by atoms with E-state index in [1.807, 2.05) is 31.2 Å². The number of hydrogen-bond acceptors (Lipinski definition) is 5. The molecule has 0 saturated carbocycles. The lowest BCUT2D eigenvalue weighted by atomic mass is 10.1. The number of nitrogens with zero attached hydrogens (tertiary/aromatic N) is 1. The van der Waals surface area contributed by atoms with Gasteiger partial charge in [-0.1, -0.05) is 30.3 Å². The van der Waals surface area contributed by atoms with E-state index in [0.29, 0.717) is 10.4 Å². The Labute approximate surface area is 142 Å². The maximum atomic E-state index is 12.5. The van der Waals surface area contributed by atoms with Gasteiger partial charge in [-0.05, 0) is 36.4 Å². The van der Waals surface area contributed by atoms with Crippen molar-refractivity contribution in [3.63, 3.8) is 0 Å². The number of aryl methyl sites for hydroxylation is 1. The van der Waals surface area contributed by atoms with Crippen LogP contribution in [0.15, 0.2) is 48.5 Å². The standard InChI is InChI=1S/C18H15NO4S/c1-11-15-8-3-4-9-16(15)24-17(11)18(20)23-12(2)13-6-5-7-14(10-13)19(21)22/h3-10,12H,1-2H3. The van der Waals surface area contributed by atoms with Gasteiger partial charge in [0.15, 0.2) is 0 Å². The normalized spacial score (nSPS) is 12.1. The second-order valence-corrected chi connectivity index (χ2v) is 6.50. The number of carbonyl (C=O) groups excluding carboxylic acids is 1. The van der Waals surface area contributed by atoms with Crippen LogP contribution in [-0.2, 0) is 4.74 Å². The summed E-state index contributed by atoms with van der Waals surface area (Å²) in [4.78, 5) is 23.5. The van der Waals surface area contributed by atoms with Crippen LogP contribution in [0, 0.1) is 17.0 Å². The molecular weight excluding hydrogens is 326 g/mol. The molecule has 5 nitrogen and oxygen atoms in total. The number of ether oxygens (including phenoxy) is 1. The third-order valence-electron chi connectivity index (χ3n) is 3.86. The number of carbonyl (C=O) groups is 1. The van der Waals surface area contributed by atoms with Gasteiger partial charge in [0.25, 0.3) is 5.69 Å². The summed E-state index contributed by atoms with van der Waals surface area (Å²) in [6.07, 6.45) is -0.568. The molecule has 122 valence electrons. The van der Waals surface area contributed by atoms with Crippen molar-refractivity contribution >= 4 is 33.1 Å². The maximum absolute atomic E-state index is 12.5. The van der Waals surface area contributed by atoms with Gasteiger partial charge in [-0.3, -0.25) is 10.1 Å². The number of hydrogen-bond donors (Lipinski definition) is 0. The minimum Gasteiger partial charge on any atom is -0.454 e. The number of esters is 1. The van der Waals surface area contributed by atoms with E-state index in [0.717, 1.165) is 15.6 Å². The summed E-state index contributed by atoms with van der Waals surface area (Å²) in [7, 11) is 0. The monoisotopic (exact) mass is 341 g/mol. The quantitative estimate of drug-likeness (QED) is 0.379. The summed E-state index contributed by atoms with van der Waals surface area (Å²) in [6, 6.07) is 13.9. The second kappa shape index (κ2) is 6.41. The van der Waals surface area contributed by atoms with Gasteiger partial charge in [-0.15, -0.1) is 11.3 Å². The van der Waals surface area contributed by atoms with Gasteiger partial charge in [0.05, 0.1) is 4.92 Å². The number of benzene rings is 2. The fourth-order valence-corrected chi connectivity index (χ4v) is 3.63. The molecule has 3 rings (SSSR count). The number of non-ortho nitro benzene ring substituents is 1. The van der Waals surface area contributed by atoms with Crippen LogP contribution in [0.25, 0.3) is 10.1 Å². The lowest BCUT2D eigenvalue weighted by Gasteiger charge is -2.13. The molecule has 0 radical (unpaired) electrons. The van der Waals surface area contributed by atoms with Crippen molar-refractivity contribution in [3.8, 4) is 0 Å². The Morgan fingerprint density at radius 1 is 1.21 bits per heavy atom. The molecule has 24 heavy (non-hydrogen) atoms. The van der Waals surface area contributed by atoms with E-state index < -0.39 is 17.0 Å². The van der Waals surface area contributed by atoms with Gasteiger partial charge in [-0.25, -0.2) is 4.79 Å². The zero-order valence-electron chi connectivity index (χ0n) is 13.2. The number of fused-ring (bicyclic) bond motifs is 1. The van der Waals surface area contributed by atoms with Crippen LogP contribution in [-0.4, -0.2) is 10.9 Å². The Morgan fingerprint density at radius 3 is 2.67 bits per heavy atom. The number of nitro benzene ring substituents is 1. The van der Waals surface area contributed by atoms with Crippen molar-refractivity contribution in [2.24, 2.45) is 0 Å². The highest BCUT2D eigenvalue weighted by atomic mass is 32.1. The molecule has 2 aromatic carbocycles. The van der Waals surface area contributed by atoms with Gasteiger partial charge in [0.2, 0.25) is 0 Å². The minimum absolute atomic E-state index is 0.0200. The van der Waals surface area contributed by atoms with Crippen molar-refractivity contribution in [1.82, 2.24) is 0 Å². The van der Waals surface area contributed by atoms with Crippen LogP contribution in [0.1, 0.15) is 33.8 Å². The fraction of sp³-hybridized carbons (Fsp3) is 0.167. The first-order valence-corrected chi connectivity index (χ1v) is 8.22. The molecule has 0 aliphatic carbocycles. The van der Waals surface area contributed by atoms with Gasteiger partial charge in [-0.2, -0.15) is 0 Å². The summed E-state index contributed by atoms with van der Waals surface area (Å²) >= 11 is 1.39. The Bertz CT molecular complexity index is 932. The summed E-state index contributed by atoms with van der Waals surface area (Å²) in [5.41, 5.74) is 1.47. The van der Waals surface area contributed by atoms with Crippen molar-refractivity contribution in [2.75, 3.05) is 0 Å². The van der Waals surface area contributed by atoms with E-state index in [9.17, 15) is 14.9 Å². The molecule has 0 fully saturated rings. The highest BCUT2D eigenvalue weighted by Crippen LogP contribution is 2.32. The first-order chi connectivity index (χ1) is 11.5. The molecule has 0 N–H and O–H groups in total. The van der Waals surface area contributed by atoms with Gasteiger partial charge >= 0.3 is 5.97 Å². The Kier molecular flexibility index (Phi) is 4.31. The summed E-state index contributed by atoms with van der Waals surface area (Å²) in [6.45, 7) is 3.60. The number of nitro groups is 1. The van der Waals surface area contributed by atoms with Crippen LogP contribution in [0.3, 0.4) is 0 Å². The van der Waals surface area contributed by atoms with E-state index >= 15 is 0 Å². The molecule has 0 aliphatic heterocycles. The largest absolute Gasteiger partial charge is 0.454 e. The maximum Gasteiger partial charge on any atom is 0.349 e. The van der Waals surface area contributed by atoms with Crippen LogP contribution in [0.5, 0.6) is 0 Å². The molecule has 0 amide bonds. The molecule has 1 aromatic heterocycles. The zero-order valence-corrected chi connectivity index (χ0v) is 14.0. The van der Waals surface area contributed by atoms with Gasteiger partial charge in [0.1, 0.15) is 11.0 Å². The average molecular weight is 341 g/mol. The summed E-state index contributed by atoms with van der Waals surface area (Å²) in [5, 5.41) is 11.9. The highest BCUT2D eigenvalue weighted by Gasteiger charge is 2.20. The van der Waals surface area contributed by atoms with Crippen molar-refractivity contribution in [2.45, 2.75) is 20.0 Å².